The molecule has 0 unspecified atom stereocenters. The Labute approximate surface area is 270 Å². The van der Waals surface area contributed by atoms with Crippen LogP contribution in [0.2, 0.25) is 0 Å². The number of benzene rings is 2. The summed E-state index contributed by atoms with van der Waals surface area (Å²) in [7, 11) is 1.91. The first kappa shape index (κ1) is 29.9. The Morgan fingerprint density at radius 1 is 1.11 bits per heavy atom. The third-order valence-electron chi connectivity index (χ3n) is 8.61. The Hall–Kier alpha value is -5.77. The van der Waals surface area contributed by atoms with Crippen molar-refractivity contribution in [2.24, 2.45) is 7.05 Å². The summed E-state index contributed by atoms with van der Waals surface area (Å²) in [5.41, 5.74) is 10.1. The molecule has 7 rings (SSSR count). The highest BCUT2D eigenvalue weighted by Crippen LogP contribution is 2.29. The molecule has 0 bridgehead atoms. The maximum absolute atomic E-state index is 14.5. The molecule has 5 heterocycles. The van der Waals surface area contributed by atoms with Crippen LogP contribution >= 0.6 is 0 Å². The number of β-amino-alcohol motifs (C(OH)–C–C–N with tert-alkyl or cyclic N) is 1. The van der Waals surface area contributed by atoms with Crippen molar-refractivity contribution >= 4 is 28.1 Å². The van der Waals surface area contributed by atoms with Crippen LogP contribution in [0, 0.1) is 11.8 Å². The van der Waals surface area contributed by atoms with Gasteiger partial charge in [-0.2, -0.15) is 5.10 Å². The molecule has 0 spiro atoms. The van der Waals surface area contributed by atoms with Gasteiger partial charge in [-0.25, -0.2) is 9.50 Å². The summed E-state index contributed by atoms with van der Waals surface area (Å²) in [4.78, 5) is 34.5. The molecular formula is C35H33N9O3. The summed E-state index contributed by atoms with van der Waals surface area (Å²) in [6.07, 6.45) is 5.01. The van der Waals surface area contributed by atoms with Gasteiger partial charge in [0.1, 0.15) is 5.56 Å². The second kappa shape index (κ2) is 12.2. The molecule has 12 heteroatoms. The first-order valence-corrected chi connectivity index (χ1v) is 15.3. The van der Waals surface area contributed by atoms with Crippen LogP contribution in [0.5, 0.6) is 0 Å². The number of hydrogen-bond acceptors (Lipinski definition) is 8. The van der Waals surface area contributed by atoms with Crippen LogP contribution in [0.4, 0.5) is 5.82 Å². The van der Waals surface area contributed by atoms with Crippen molar-refractivity contribution in [3.8, 4) is 17.5 Å². The Balaban J connectivity index is 1.29. The number of aryl methyl sites for hydroxylation is 1. The number of rotatable bonds is 7. The number of para-hydroxylation sites is 1. The van der Waals surface area contributed by atoms with E-state index in [1.807, 2.05) is 73.3 Å². The van der Waals surface area contributed by atoms with Crippen molar-refractivity contribution < 1.29 is 9.90 Å². The van der Waals surface area contributed by atoms with Crippen LogP contribution in [-0.2, 0) is 7.05 Å². The van der Waals surface area contributed by atoms with Gasteiger partial charge in [-0.05, 0) is 42.6 Å². The van der Waals surface area contributed by atoms with Gasteiger partial charge in [0, 0.05) is 61.9 Å². The fourth-order valence-electron chi connectivity index (χ4n) is 6.34. The molecule has 4 aromatic heterocycles. The third-order valence-corrected chi connectivity index (χ3v) is 8.61. The Kier molecular flexibility index (Phi) is 7.77. The molecule has 1 saturated heterocycles. The first-order chi connectivity index (χ1) is 22.8. The van der Waals surface area contributed by atoms with E-state index in [2.05, 4.69) is 37.2 Å². The first-order valence-electron chi connectivity index (χ1n) is 15.3. The molecular weight excluding hydrogens is 594 g/mol. The number of aliphatic hydroxyl groups excluding tert-OH is 1. The van der Waals surface area contributed by atoms with E-state index in [4.69, 9.17) is 5.73 Å². The number of anilines is 1. The van der Waals surface area contributed by atoms with E-state index in [0.29, 0.717) is 39.9 Å². The molecule has 0 saturated carbocycles. The van der Waals surface area contributed by atoms with Gasteiger partial charge >= 0.3 is 0 Å². The summed E-state index contributed by atoms with van der Waals surface area (Å²) in [5.74, 6) is 6.44. The zero-order valence-electron chi connectivity index (χ0n) is 26.0. The van der Waals surface area contributed by atoms with Crippen LogP contribution in [0.1, 0.15) is 51.8 Å². The fraction of sp³-hybridized carbons (Fsp3) is 0.229. The molecule has 236 valence electrons. The normalized spacial score (nSPS) is 14.1. The number of fused-ring (bicyclic) bond motifs is 2. The quantitative estimate of drug-likeness (QED) is 0.229. The Morgan fingerprint density at radius 3 is 2.68 bits per heavy atom. The van der Waals surface area contributed by atoms with Crippen LogP contribution in [-0.4, -0.2) is 71.1 Å². The number of nitrogens with two attached hydrogens (primary N) is 1. The van der Waals surface area contributed by atoms with Crippen LogP contribution in [0.15, 0.2) is 84.0 Å². The molecule has 1 aliphatic heterocycles. The monoisotopic (exact) mass is 627 g/mol. The molecule has 1 fully saturated rings. The van der Waals surface area contributed by atoms with Gasteiger partial charge in [-0.15, -0.1) is 5.10 Å². The maximum atomic E-state index is 14.5. The highest BCUT2D eigenvalue weighted by atomic mass is 16.3. The van der Waals surface area contributed by atoms with E-state index >= 15 is 0 Å². The maximum Gasteiger partial charge on any atom is 0.264 e. The average molecular weight is 628 g/mol. The number of amides is 1. The number of hydrogen-bond donors (Lipinski definition) is 3. The van der Waals surface area contributed by atoms with Crippen molar-refractivity contribution in [1.82, 2.24) is 39.2 Å². The van der Waals surface area contributed by atoms with E-state index in [0.717, 1.165) is 24.3 Å². The molecule has 0 aliphatic carbocycles. The molecule has 0 radical (unpaired) electrons. The summed E-state index contributed by atoms with van der Waals surface area (Å²) in [6, 6.07) is 17.9. The lowest BCUT2D eigenvalue weighted by atomic mass is 9.93. The summed E-state index contributed by atoms with van der Waals surface area (Å²) in [6.45, 7) is 4.28. The molecule has 1 aliphatic rings. The van der Waals surface area contributed by atoms with Crippen LogP contribution in [0.25, 0.3) is 22.1 Å². The van der Waals surface area contributed by atoms with Crippen LogP contribution in [0.3, 0.4) is 0 Å². The third kappa shape index (κ3) is 5.41. The van der Waals surface area contributed by atoms with Crippen molar-refractivity contribution in [2.75, 3.05) is 32.0 Å². The van der Waals surface area contributed by atoms with E-state index in [9.17, 15) is 14.7 Å². The smallest absolute Gasteiger partial charge is 0.264 e. The molecule has 4 N–H and O–H groups in total. The van der Waals surface area contributed by atoms with E-state index < -0.39 is 11.9 Å². The van der Waals surface area contributed by atoms with Gasteiger partial charge in [-0.1, -0.05) is 42.2 Å². The minimum atomic E-state index is -0.599. The molecule has 6 aromatic rings. The van der Waals surface area contributed by atoms with Gasteiger partial charge in [-0.3, -0.25) is 23.7 Å². The predicted molar refractivity (Wildman–Crippen MR) is 178 cm³/mol. The SMILES string of the molecule is C[C@H](NC(=O)c1c(N)nn2cccnc12)c1cc2cccc(C#Cc3cnn(C)c3C3CN(CCO)C3)c2c(=O)n1-c1ccccc1. The number of pyridine rings is 1. The fourth-order valence-corrected chi connectivity index (χ4v) is 6.34. The van der Waals surface area contributed by atoms with Gasteiger partial charge in [0.2, 0.25) is 0 Å². The van der Waals surface area contributed by atoms with Crippen molar-refractivity contribution in [3.05, 3.63) is 118 Å². The van der Waals surface area contributed by atoms with Crippen LogP contribution < -0.4 is 16.6 Å². The zero-order valence-corrected chi connectivity index (χ0v) is 26.0. The summed E-state index contributed by atoms with van der Waals surface area (Å²) in [5, 5.41) is 22.1. The molecule has 1 amide bonds. The summed E-state index contributed by atoms with van der Waals surface area (Å²) >= 11 is 0. The number of aromatic nitrogens is 6. The van der Waals surface area contributed by atoms with Crippen molar-refractivity contribution in [1.29, 1.82) is 0 Å². The van der Waals surface area contributed by atoms with Gasteiger partial charge in [0.05, 0.1) is 35.5 Å². The highest BCUT2D eigenvalue weighted by molar-refractivity contribution is 6.04. The number of likely N-dealkylation sites (tertiary alicyclic amines) is 1. The lowest BCUT2D eigenvalue weighted by molar-refractivity contribution is 0.0941. The van der Waals surface area contributed by atoms with Gasteiger partial charge in [0.15, 0.2) is 11.5 Å². The second-order valence-electron chi connectivity index (χ2n) is 11.7. The number of nitrogens with one attached hydrogen (secondary N) is 1. The minimum Gasteiger partial charge on any atom is -0.395 e. The number of carbonyl (C=O) groups excluding carboxylic acids is 1. The zero-order chi connectivity index (χ0) is 32.7. The van der Waals surface area contributed by atoms with Crippen molar-refractivity contribution in [2.45, 2.75) is 18.9 Å². The predicted octanol–water partition coefficient (Wildman–Crippen LogP) is 2.63. The summed E-state index contributed by atoms with van der Waals surface area (Å²) < 4.78 is 4.94. The number of nitrogens with zero attached hydrogens (tertiary/aromatic N) is 7. The molecule has 47 heavy (non-hydrogen) atoms. The number of carbonyl (C=O) groups is 1. The highest BCUT2D eigenvalue weighted by Gasteiger charge is 2.31. The largest absolute Gasteiger partial charge is 0.395 e. The Morgan fingerprint density at radius 2 is 1.89 bits per heavy atom. The lowest BCUT2D eigenvalue weighted by Crippen LogP contribution is -2.47. The van der Waals surface area contributed by atoms with E-state index in [1.165, 1.54) is 4.52 Å². The van der Waals surface area contributed by atoms with Gasteiger partial charge in [0.25, 0.3) is 11.5 Å². The van der Waals surface area contributed by atoms with Gasteiger partial charge < -0.3 is 16.2 Å². The van der Waals surface area contributed by atoms with E-state index in [1.54, 1.807) is 29.2 Å². The molecule has 12 nitrogen and oxygen atoms in total. The standard InChI is InChI=1S/C35H33N9O3/c1-22(39-34(46)30-32(36)40-43-15-7-14-37-33(30)43)28-18-24-9-6-8-23(29(24)35(47)44(28)27-10-4-3-5-11-27)12-13-25-19-38-41(2)31(25)26-20-42(21-26)16-17-45/h3-11,14-15,18-19,22,26,45H,16-17,20-21H2,1-2H3,(H2,36,40)(H,39,46)/t22-/m0/s1. The van der Waals surface area contributed by atoms with Crippen molar-refractivity contribution in [3.63, 3.8) is 0 Å². The van der Waals surface area contributed by atoms with E-state index in [-0.39, 0.29) is 29.5 Å². The second-order valence-corrected chi connectivity index (χ2v) is 11.7. The lowest BCUT2D eigenvalue weighted by Gasteiger charge is -2.39. The molecule has 1 atom stereocenters. The Bertz CT molecular complexity index is 2250. The number of aliphatic hydroxyl groups is 1. The average Bonchev–Trinajstić information content (AvgIpc) is 3.59. The topological polar surface area (TPSA) is 149 Å². The minimum absolute atomic E-state index is 0.0622. The molecule has 2 aromatic carbocycles. The number of nitrogen functional groups attached to an aromatic ring is 1.